The molecule has 0 aliphatic carbocycles. The number of aryl methyl sites for hydroxylation is 1. The smallest absolute Gasteiger partial charge is 0.409 e. The second-order valence-electron chi connectivity index (χ2n) is 5.80. The first kappa shape index (κ1) is 17.2. The fraction of sp³-hybridized carbons (Fsp3) is 0.471. The molecule has 1 aliphatic rings. The number of pyridine rings is 2. The fourth-order valence-electron chi connectivity index (χ4n) is 2.98. The number of hydrogen-bond acceptors (Lipinski definition) is 5. The molecule has 7 nitrogen and oxygen atoms in total. The standard InChI is InChI=1S/C17H21FN4O3/c1-3-20-6-5-14(23)12-11-13(18)16(19-15(12)20)21-7-9-22(10-8-21)17(24)25-4-2/h5-6,11H,3-4,7-10H2,1-2H3. The van der Waals surface area contributed by atoms with Gasteiger partial charge >= 0.3 is 6.09 Å². The second-order valence-corrected chi connectivity index (χ2v) is 5.80. The summed E-state index contributed by atoms with van der Waals surface area (Å²) in [4.78, 5) is 31.5. The predicted molar refractivity (Wildman–Crippen MR) is 92.4 cm³/mol. The van der Waals surface area contributed by atoms with Crippen molar-refractivity contribution in [3.05, 3.63) is 34.4 Å². The maximum Gasteiger partial charge on any atom is 0.409 e. The van der Waals surface area contributed by atoms with Crippen LogP contribution in [0, 0.1) is 5.82 Å². The van der Waals surface area contributed by atoms with E-state index in [9.17, 15) is 14.0 Å². The summed E-state index contributed by atoms with van der Waals surface area (Å²) in [6, 6.07) is 2.68. The lowest BCUT2D eigenvalue weighted by atomic mass is 10.2. The molecule has 0 spiro atoms. The summed E-state index contributed by atoms with van der Waals surface area (Å²) in [5.74, 6) is -0.313. The van der Waals surface area contributed by atoms with Crippen LogP contribution in [0.15, 0.2) is 23.1 Å². The lowest BCUT2D eigenvalue weighted by Crippen LogP contribution is -2.49. The lowest BCUT2D eigenvalue weighted by molar-refractivity contribution is 0.105. The Kier molecular flexibility index (Phi) is 4.87. The van der Waals surface area contributed by atoms with Crippen molar-refractivity contribution in [3.8, 4) is 0 Å². The normalized spacial score (nSPS) is 14.8. The molecule has 3 rings (SSSR count). The van der Waals surface area contributed by atoms with Crippen LogP contribution in [0.3, 0.4) is 0 Å². The van der Waals surface area contributed by atoms with Gasteiger partial charge in [-0.05, 0) is 19.9 Å². The van der Waals surface area contributed by atoms with Crippen molar-refractivity contribution < 1.29 is 13.9 Å². The summed E-state index contributed by atoms with van der Waals surface area (Å²) in [6.07, 6.45) is 1.31. The molecule has 2 aromatic rings. The molecular formula is C17H21FN4O3. The van der Waals surface area contributed by atoms with Gasteiger partial charge in [-0.15, -0.1) is 0 Å². The van der Waals surface area contributed by atoms with Gasteiger partial charge in [0, 0.05) is 45.0 Å². The highest BCUT2D eigenvalue weighted by molar-refractivity contribution is 5.77. The Morgan fingerprint density at radius 2 is 2.00 bits per heavy atom. The van der Waals surface area contributed by atoms with Crippen molar-refractivity contribution in [2.24, 2.45) is 0 Å². The highest BCUT2D eigenvalue weighted by atomic mass is 19.1. The monoisotopic (exact) mass is 348 g/mol. The van der Waals surface area contributed by atoms with E-state index in [1.807, 2.05) is 11.5 Å². The molecule has 1 saturated heterocycles. The van der Waals surface area contributed by atoms with Gasteiger partial charge in [0.05, 0.1) is 12.0 Å². The number of nitrogens with zero attached hydrogens (tertiary/aromatic N) is 4. The number of aromatic nitrogens is 2. The summed E-state index contributed by atoms with van der Waals surface area (Å²) in [5, 5.41) is 0.274. The molecular weight excluding hydrogens is 327 g/mol. The SMILES string of the molecule is CCOC(=O)N1CCN(c2nc3c(cc2F)c(=O)ccn3CC)CC1. The van der Waals surface area contributed by atoms with Crippen LogP contribution in [0.2, 0.25) is 0 Å². The van der Waals surface area contributed by atoms with E-state index >= 15 is 0 Å². The number of carbonyl (C=O) groups is 1. The molecule has 1 amide bonds. The van der Waals surface area contributed by atoms with Gasteiger partial charge in [0.1, 0.15) is 5.65 Å². The molecule has 3 heterocycles. The van der Waals surface area contributed by atoms with Crippen molar-refractivity contribution in [3.63, 3.8) is 0 Å². The average Bonchev–Trinajstić information content (AvgIpc) is 2.62. The number of amides is 1. The Morgan fingerprint density at radius 1 is 1.28 bits per heavy atom. The van der Waals surface area contributed by atoms with Crippen molar-refractivity contribution in [1.82, 2.24) is 14.5 Å². The molecule has 0 bridgehead atoms. The Hall–Kier alpha value is -2.64. The van der Waals surface area contributed by atoms with E-state index in [1.165, 1.54) is 12.1 Å². The Balaban J connectivity index is 1.88. The van der Waals surface area contributed by atoms with Crippen molar-refractivity contribution in [2.75, 3.05) is 37.7 Å². The van der Waals surface area contributed by atoms with E-state index < -0.39 is 5.82 Å². The van der Waals surface area contributed by atoms with Crippen molar-refractivity contribution in [1.29, 1.82) is 0 Å². The van der Waals surface area contributed by atoms with E-state index in [4.69, 9.17) is 4.74 Å². The number of ether oxygens (including phenoxy) is 1. The first-order chi connectivity index (χ1) is 12.0. The predicted octanol–water partition coefficient (Wildman–Crippen LogP) is 1.83. The molecule has 0 saturated carbocycles. The average molecular weight is 348 g/mol. The molecule has 134 valence electrons. The highest BCUT2D eigenvalue weighted by Gasteiger charge is 2.25. The zero-order chi connectivity index (χ0) is 18.0. The largest absolute Gasteiger partial charge is 0.450 e. The highest BCUT2D eigenvalue weighted by Crippen LogP contribution is 2.22. The summed E-state index contributed by atoms with van der Waals surface area (Å²) in [7, 11) is 0. The van der Waals surface area contributed by atoms with Crippen molar-refractivity contribution >= 4 is 22.9 Å². The number of piperazine rings is 1. The summed E-state index contributed by atoms with van der Waals surface area (Å²) >= 11 is 0. The van der Waals surface area contributed by atoms with Crippen LogP contribution in [0.1, 0.15) is 13.8 Å². The van der Waals surface area contributed by atoms with E-state index in [-0.39, 0.29) is 22.7 Å². The molecule has 0 unspecified atom stereocenters. The Morgan fingerprint density at radius 3 is 2.64 bits per heavy atom. The number of rotatable bonds is 3. The zero-order valence-electron chi connectivity index (χ0n) is 14.4. The van der Waals surface area contributed by atoms with Crippen LogP contribution in [-0.2, 0) is 11.3 Å². The van der Waals surface area contributed by atoms with E-state index in [0.29, 0.717) is 45.0 Å². The van der Waals surface area contributed by atoms with Gasteiger partial charge in [-0.1, -0.05) is 0 Å². The molecule has 1 aliphatic heterocycles. The second kappa shape index (κ2) is 7.08. The van der Waals surface area contributed by atoms with Gasteiger partial charge in [0.15, 0.2) is 17.1 Å². The molecule has 0 radical (unpaired) electrons. The van der Waals surface area contributed by atoms with Gasteiger partial charge in [0.25, 0.3) is 0 Å². The number of anilines is 1. The van der Waals surface area contributed by atoms with Crippen molar-refractivity contribution in [2.45, 2.75) is 20.4 Å². The fourth-order valence-corrected chi connectivity index (χ4v) is 2.98. The topological polar surface area (TPSA) is 67.7 Å². The van der Waals surface area contributed by atoms with Crippen LogP contribution in [0.4, 0.5) is 15.0 Å². The lowest BCUT2D eigenvalue weighted by Gasteiger charge is -2.34. The minimum Gasteiger partial charge on any atom is -0.450 e. The summed E-state index contributed by atoms with van der Waals surface area (Å²) in [5.41, 5.74) is 0.226. The minimum atomic E-state index is -0.525. The summed E-state index contributed by atoms with van der Waals surface area (Å²) < 4.78 is 21.3. The molecule has 0 aromatic carbocycles. The van der Waals surface area contributed by atoms with Crippen LogP contribution < -0.4 is 10.3 Å². The van der Waals surface area contributed by atoms with Gasteiger partial charge in [-0.25, -0.2) is 14.2 Å². The number of halogens is 1. The Labute approximate surface area is 144 Å². The van der Waals surface area contributed by atoms with Gasteiger partial charge in [-0.2, -0.15) is 0 Å². The molecule has 0 N–H and O–H groups in total. The molecule has 0 atom stereocenters. The molecule has 2 aromatic heterocycles. The third-order valence-electron chi connectivity index (χ3n) is 4.33. The van der Waals surface area contributed by atoms with Gasteiger partial charge in [-0.3, -0.25) is 4.79 Å². The quantitative estimate of drug-likeness (QED) is 0.847. The van der Waals surface area contributed by atoms with Crippen LogP contribution in [-0.4, -0.2) is 53.3 Å². The first-order valence-corrected chi connectivity index (χ1v) is 8.41. The number of carbonyl (C=O) groups excluding carboxylic acids is 1. The van der Waals surface area contributed by atoms with Gasteiger partial charge in [0.2, 0.25) is 0 Å². The van der Waals surface area contributed by atoms with E-state index in [1.54, 1.807) is 22.9 Å². The minimum absolute atomic E-state index is 0.212. The Bertz CT molecular complexity index is 844. The van der Waals surface area contributed by atoms with Crippen LogP contribution in [0.25, 0.3) is 11.0 Å². The third kappa shape index (κ3) is 3.29. The number of hydrogen-bond donors (Lipinski definition) is 0. The molecule has 1 fully saturated rings. The molecule has 8 heteroatoms. The van der Waals surface area contributed by atoms with Gasteiger partial charge < -0.3 is 19.1 Å². The third-order valence-corrected chi connectivity index (χ3v) is 4.33. The zero-order valence-corrected chi connectivity index (χ0v) is 14.4. The van der Waals surface area contributed by atoms with E-state index in [0.717, 1.165) is 0 Å². The maximum atomic E-state index is 14.5. The molecule has 25 heavy (non-hydrogen) atoms. The first-order valence-electron chi connectivity index (χ1n) is 8.41. The van der Waals surface area contributed by atoms with Crippen LogP contribution in [0.5, 0.6) is 0 Å². The number of fused-ring (bicyclic) bond motifs is 1. The van der Waals surface area contributed by atoms with E-state index in [2.05, 4.69) is 4.98 Å². The maximum absolute atomic E-state index is 14.5. The summed E-state index contributed by atoms with van der Waals surface area (Å²) in [6.45, 7) is 6.44. The van der Waals surface area contributed by atoms with Crippen LogP contribution >= 0.6 is 0 Å².